The van der Waals surface area contributed by atoms with Gasteiger partial charge in [-0.1, -0.05) is 29.3 Å². The first kappa shape index (κ1) is 14.3. The largest absolute Gasteiger partial charge is 0.495 e. The molecule has 1 aromatic carbocycles. The zero-order valence-electron chi connectivity index (χ0n) is 10.0. The first-order valence-corrected chi connectivity index (χ1v) is 6.76. The van der Waals surface area contributed by atoms with Crippen molar-refractivity contribution in [2.24, 2.45) is 0 Å². The molecule has 0 aliphatic heterocycles. The molecule has 3 nitrogen and oxygen atoms in total. The maximum atomic E-state index is 5.26. The van der Waals surface area contributed by atoms with Crippen LogP contribution in [-0.4, -0.2) is 18.8 Å². The van der Waals surface area contributed by atoms with Crippen LogP contribution in [0.15, 0.2) is 22.7 Å². The van der Waals surface area contributed by atoms with Crippen molar-refractivity contribution in [3.8, 4) is 5.75 Å². The zero-order valence-corrected chi connectivity index (χ0v) is 12.5. The van der Waals surface area contributed by atoms with E-state index in [0.29, 0.717) is 5.11 Å². The summed E-state index contributed by atoms with van der Waals surface area (Å²) in [5.74, 6) is 0.771. The molecular weight excluding hydrogens is 300 g/mol. The number of rotatable bonds is 5. The maximum Gasteiger partial charge on any atom is 0.170 e. The second-order valence-electron chi connectivity index (χ2n) is 3.58. The number of benzene rings is 1. The lowest BCUT2D eigenvalue weighted by atomic mass is 10.3. The first-order valence-electron chi connectivity index (χ1n) is 5.55. The molecule has 0 saturated heterocycles. The molecule has 0 aromatic heterocycles. The second kappa shape index (κ2) is 7.50. The summed E-state index contributed by atoms with van der Waals surface area (Å²) in [7, 11) is 1.64. The molecule has 0 bridgehead atoms. The van der Waals surface area contributed by atoms with Crippen molar-refractivity contribution in [2.75, 3.05) is 19.0 Å². The second-order valence-corrected chi connectivity index (χ2v) is 4.90. The highest BCUT2D eigenvalue weighted by Gasteiger charge is 2.05. The van der Waals surface area contributed by atoms with Gasteiger partial charge in [0.15, 0.2) is 5.11 Å². The fourth-order valence-electron chi connectivity index (χ4n) is 1.32. The van der Waals surface area contributed by atoms with E-state index in [-0.39, 0.29) is 0 Å². The summed E-state index contributed by atoms with van der Waals surface area (Å²) in [5.41, 5.74) is 0.857. The molecule has 0 aliphatic rings. The number of hydrogen-bond acceptors (Lipinski definition) is 2. The van der Waals surface area contributed by atoms with Crippen LogP contribution in [0.3, 0.4) is 0 Å². The van der Waals surface area contributed by atoms with Crippen molar-refractivity contribution in [3.63, 3.8) is 0 Å². The number of ether oxygens (including phenoxy) is 1. The molecule has 0 unspecified atom stereocenters. The van der Waals surface area contributed by atoms with Crippen LogP contribution in [0.25, 0.3) is 0 Å². The van der Waals surface area contributed by atoms with Crippen molar-refractivity contribution in [2.45, 2.75) is 19.8 Å². The summed E-state index contributed by atoms with van der Waals surface area (Å²) in [6, 6.07) is 5.76. The van der Waals surface area contributed by atoms with Crippen molar-refractivity contribution < 1.29 is 4.74 Å². The van der Waals surface area contributed by atoms with Gasteiger partial charge < -0.3 is 15.4 Å². The Balaban J connectivity index is 2.60. The Morgan fingerprint density at radius 2 is 2.24 bits per heavy atom. The third-order valence-corrected chi connectivity index (χ3v) is 2.97. The van der Waals surface area contributed by atoms with E-state index in [1.165, 1.54) is 0 Å². The number of unbranched alkanes of at least 4 members (excludes halogenated alkanes) is 1. The van der Waals surface area contributed by atoms with Crippen molar-refractivity contribution >= 4 is 38.9 Å². The van der Waals surface area contributed by atoms with Crippen LogP contribution >= 0.6 is 28.1 Å². The smallest absolute Gasteiger partial charge is 0.170 e. The third-order valence-electron chi connectivity index (χ3n) is 2.23. The molecule has 0 saturated carbocycles. The summed E-state index contributed by atoms with van der Waals surface area (Å²) >= 11 is 8.63. The molecule has 0 fully saturated rings. The van der Waals surface area contributed by atoms with Gasteiger partial charge in [0.05, 0.1) is 12.8 Å². The van der Waals surface area contributed by atoms with Gasteiger partial charge in [0.1, 0.15) is 5.75 Å². The molecular formula is C12H17BrN2OS. The van der Waals surface area contributed by atoms with Gasteiger partial charge in [-0.2, -0.15) is 0 Å². The van der Waals surface area contributed by atoms with Gasteiger partial charge in [0.2, 0.25) is 0 Å². The Hall–Kier alpha value is -0.810. The minimum Gasteiger partial charge on any atom is -0.495 e. The number of nitrogens with one attached hydrogen (secondary N) is 2. The van der Waals surface area contributed by atoms with Gasteiger partial charge in [-0.15, -0.1) is 0 Å². The van der Waals surface area contributed by atoms with Crippen LogP contribution in [0.4, 0.5) is 5.69 Å². The van der Waals surface area contributed by atoms with Gasteiger partial charge in [-0.3, -0.25) is 0 Å². The van der Waals surface area contributed by atoms with E-state index in [1.807, 2.05) is 18.2 Å². The summed E-state index contributed by atoms with van der Waals surface area (Å²) < 4.78 is 6.24. The Morgan fingerprint density at radius 3 is 2.88 bits per heavy atom. The predicted octanol–water partition coefficient (Wildman–Crippen LogP) is 3.54. The summed E-state index contributed by atoms with van der Waals surface area (Å²) in [6.45, 7) is 3.04. The summed E-state index contributed by atoms with van der Waals surface area (Å²) in [6.07, 6.45) is 2.26. The van der Waals surface area contributed by atoms with Gasteiger partial charge in [-0.25, -0.2) is 0 Å². The maximum absolute atomic E-state index is 5.26. The van der Waals surface area contributed by atoms with Crippen LogP contribution in [-0.2, 0) is 0 Å². The minimum absolute atomic E-state index is 0.620. The highest BCUT2D eigenvalue weighted by Crippen LogP contribution is 2.27. The molecule has 0 atom stereocenters. The van der Waals surface area contributed by atoms with Crippen LogP contribution in [0, 0.1) is 0 Å². The van der Waals surface area contributed by atoms with Gasteiger partial charge >= 0.3 is 0 Å². The molecule has 0 aliphatic carbocycles. The molecule has 94 valence electrons. The molecule has 17 heavy (non-hydrogen) atoms. The highest BCUT2D eigenvalue weighted by atomic mass is 79.9. The van der Waals surface area contributed by atoms with E-state index in [0.717, 1.165) is 35.3 Å². The SMILES string of the molecule is CCCCNC(=S)Nc1cc(Br)ccc1OC. The molecule has 0 amide bonds. The third kappa shape index (κ3) is 4.91. The number of thiocarbonyl (C=S) groups is 1. The van der Waals surface area contributed by atoms with Crippen molar-refractivity contribution in [3.05, 3.63) is 22.7 Å². The summed E-state index contributed by atoms with van der Waals surface area (Å²) in [5, 5.41) is 6.90. The van der Waals surface area contributed by atoms with Crippen LogP contribution in [0.2, 0.25) is 0 Å². The lowest BCUT2D eigenvalue weighted by Crippen LogP contribution is -2.29. The van der Waals surface area contributed by atoms with Gasteiger partial charge in [0.25, 0.3) is 0 Å². The monoisotopic (exact) mass is 316 g/mol. The molecule has 0 spiro atoms. The Bertz CT molecular complexity index is 385. The lowest BCUT2D eigenvalue weighted by Gasteiger charge is -2.13. The minimum atomic E-state index is 0.620. The van der Waals surface area contributed by atoms with Gasteiger partial charge in [0, 0.05) is 11.0 Å². The Kier molecular flexibility index (Phi) is 6.29. The normalized spacial score (nSPS) is 9.82. The number of halogens is 1. The molecule has 2 N–H and O–H groups in total. The molecule has 0 heterocycles. The molecule has 5 heteroatoms. The quantitative estimate of drug-likeness (QED) is 0.643. The Labute approximate surface area is 116 Å². The predicted molar refractivity (Wildman–Crippen MR) is 79.8 cm³/mol. The van der Waals surface area contributed by atoms with E-state index in [2.05, 4.69) is 33.5 Å². The fourth-order valence-corrected chi connectivity index (χ4v) is 1.90. The van der Waals surface area contributed by atoms with Crippen LogP contribution < -0.4 is 15.4 Å². The zero-order chi connectivity index (χ0) is 12.7. The summed E-state index contributed by atoms with van der Waals surface area (Å²) in [4.78, 5) is 0. The first-order chi connectivity index (χ1) is 8.17. The molecule has 0 radical (unpaired) electrons. The average molecular weight is 317 g/mol. The standard InChI is InChI=1S/C12H17BrN2OS/c1-3-4-7-14-12(17)15-10-8-9(13)5-6-11(10)16-2/h5-6,8H,3-4,7H2,1-2H3,(H2,14,15,17). The van der Waals surface area contributed by atoms with Crippen LogP contribution in [0.5, 0.6) is 5.75 Å². The topological polar surface area (TPSA) is 33.3 Å². The van der Waals surface area contributed by atoms with Gasteiger partial charge in [-0.05, 0) is 36.8 Å². The van der Waals surface area contributed by atoms with E-state index in [1.54, 1.807) is 7.11 Å². The fraction of sp³-hybridized carbons (Fsp3) is 0.417. The number of hydrogen-bond donors (Lipinski definition) is 2. The van der Waals surface area contributed by atoms with Crippen molar-refractivity contribution in [1.29, 1.82) is 0 Å². The van der Waals surface area contributed by atoms with E-state index < -0.39 is 0 Å². The van der Waals surface area contributed by atoms with Crippen molar-refractivity contribution in [1.82, 2.24) is 5.32 Å². The van der Waals surface area contributed by atoms with E-state index in [4.69, 9.17) is 17.0 Å². The average Bonchev–Trinajstić information content (AvgIpc) is 2.29. The lowest BCUT2D eigenvalue weighted by molar-refractivity contribution is 0.417. The van der Waals surface area contributed by atoms with E-state index in [9.17, 15) is 0 Å². The highest BCUT2D eigenvalue weighted by molar-refractivity contribution is 9.10. The molecule has 1 rings (SSSR count). The number of methoxy groups -OCH3 is 1. The number of anilines is 1. The molecule has 1 aromatic rings. The van der Waals surface area contributed by atoms with Crippen LogP contribution in [0.1, 0.15) is 19.8 Å². The Morgan fingerprint density at radius 1 is 1.47 bits per heavy atom. The van der Waals surface area contributed by atoms with E-state index >= 15 is 0 Å².